The number of hydrogen-bond donors (Lipinski definition) is 4. The molecule has 0 saturated heterocycles. The van der Waals surface area contributed by atoms with Crippen LogP contribution in [0, 0.1) is 0 Å². The van der Waals surface area contributed by atoms with Crippen molar-refractivity contribution >= 4 is 21.2 Å². The van der Waals surface area contributed by atoms with Gasteiger partial charge in [-0.25, -0.2) is 4.57 Å². The maximum absolute atomic E-state index is 11.5. The molecule has 0 aliphatic rings. The van der Waals surface area contributed by atoms with E-state index in [2.05, 4.69) is 4.52 Å². The Morgan fingerprint density at radius 2 is 1.75 bits per heavy atom. The fourth-order valence-corrected chi connectivity index (χ4v) is 3.99. The molecule has 96 valence electrons. The van der Waals surface area contributed by atoms with Crippen molar-refractivity contribution in [1.29, 1.82) is 0 Å². The Bertz CT molecular complexity index is 360. The van der Waals surface area contributed by atoms with Crippen LogP contribution in [0.15, 0.2) is 0 Å². The van der Waals surface area contributed by atoms with Gasteiger partial charge in [0.25, 0.3) is 5.08 Å². The van der Waals surface area contributed by atoms with Crippen LogP contribution in [-0.4, -0.2) is 30.8 Å². The Labute approximate surface area is 91.9 Å². The van der Waals surface area contributed by atoms with Gasteiger partial charge in [-0.15, -0.1) is 0 Å². The van der Waals surface area contributed by atoms with E-state index in [1.165, 1.54) is 6.92 Å². The van der Waals surface area contributed by atoms with Gasteiger partial charge in [0.1, 0.15) is 0 Å². The summed E-state index contributed by atoms with van der Waals surface area (Å²) >= 11 is 0. The molecule has 0 aromatic carbocycles. The van der Waals surface area contributed by atoms with Crippen LogP contribution in [0.5, 0.6) is 0 Å². The molecule has 0 aromatic rings. The van der Waals surface area contributed by atoms with Gasteiger partial charge in [-0.3, -0.25) is 9.36 Å². The SMILES string of the molecule is CCCC(O)(P(=O)(O)O)P(=O)(O)OC(C)=O. The van der Waals surface area contributed by atoms with Crippen LogP contribution < -0.4 is 0 Å². The van der Waals surface area contributed by atoms with E-state index in [0.29, 0.717) is 0 Å². The molecule has 0 heterocycles. The zero-order valence-corrected chi connectivity index (χ0v) is 10.5. The zero-order valence-electron chi connectivity index (χ0n) is 8.73. The molecule has 0 fully saturated rings. The Kier molecular flexibility index (Phi) is 4.89. The molecule has 10 heteroatoms. The Morgan fingerprint density at radius 3 is 2.00 bits per heavy atom. The third-order valence-electron chi connectivity index (χ3n) is 1.76. The van der Waals surface area contributed by atoms with Crippen LogP contribution >= 0.6 is 15.2 Å². The maximum atomic E-state index is 11.5. The van der Waals surface area contributed by atoms with Crippen molar-refractivity contribution in [2.75, 3.05) is 0 Å². The van der Waals surface area contributed by atoms with Crippen molar-refractivity contribution in [3.05, 3.63) is 0 Å². The van der Waals surface area contributed by atoms with Gasteiger partial charge in [0.15, 0.2) is 0 Å². The molecule has 0 rings (SSSR count). The van der Waals surface area contributed by atoms with Crippen LogP contribution in [0.1, 0.15) is 26.7 Å². The highest BCUT2D eigenvalue weighted by molar-refractivity contribution is 7.72. The normalized spacial score (nSPS) is 19.6. The third kappa shape index (κ3) is 3.13. The first-order chi connectivity index (χ1) is 6.98. The molecule has 0 spiro atoms. The summed E-state index contributed by atoms with van der Waals surface area (Å²) in [6.07, 6.45) is -0.647. The number of carbonyl (C=O) groups excluding carboxylic acids is 1. The van der Waals surface area contributed by atoms with Gasteiger partial charge in [-0.1, -0.05) is 13.3 Å². The lowest BCUT2D eigenvalue weighted by Crippen LogP contribution is -2.30. The molecule has 0 aliphatic carbocycles. The van der Waals surface area contributed by atoms with Crippen LogP contribution in [-0.2, 0) is 18.4 Å². The number of rotatable bonds is 5. The van der Waals surface area contributed by atoms with E-state index in [-0.39, 0.29) is 6.42 Å². The summed E-state index contributed by atoms with van der Waals surface area (Å²) in [5.74, 6) is -1.21. The van der Waals surface area contributed by atoms with Gasteiger partial charge >= 0.3 is 21.2 Å². The molecule has 16 heavy (non-hydrogen) atoms. The summed E-state index contributed by atoms with van der Waals surface area (Å²) in [6, 6.07) is 0. The van der Waals surface area contributed by atoms with Crippen LogP contribution in [0.2, 0.25) is 0 Å². The van der Waals surface area contributed by atoms with Gasteiger partial charge in [0.05, 0.1) is 0 Å². The highest BCUT2D eigenvalue weighted by Gasteiger charge is 2.61. The van der Waals surface area contributed by atoms with Crippen LogP contribution in [0.4, 0.5) is 0 Å². The molecule has 0 saturated carbocycles. The summed E-state index contributed by atoms with van der Waals surface area (Å²) in [5.41, 5.74) is 0. The van der Waals surface area contributed by atoms with Gasteiger partial charge in [0, 0.05) is 13.3 Å². The molecule has 0 aromatic heterocycles. The van der Waals surface area contributed by atoms with Crippen molar-refractivity contribution in [3.8, 4) is 0 Å². The number of hydrogen-bond acceptors (Lipinski definition) is 5. The second-order valence-electron chi connectivity index (χ2n) is 3.17. The first kappa shape index (κ1) is 15.8. The van der Waals surface area contributed by atoms with Crippen LogP contribution in [0.3, 0.4) is 0 Å². The minimum atomic E-state index is -5.32. The second kappa shape index (κ2) is 4.96. The lowest BCUT2D eigenvalue weighted by atomic mass is 10.3. The Balaban J connectivity index is 5.44. The Hall–Kier alpha value is -0.230. The first-order valence-corrected chi connectivity index (χ1v) is 7.48. The predicted octanol–water partition coefficient (Wildman–Crippen LogP) is 0.359. The first-order valence-electron chi connectivity index (χ1n) is 4.29. The molecule has 0 amide bonds. The van der Waals surface area contributed by atoms with E-state index in [9.17, 15) is 23.9 Å². The lowest BCUT2D eigenvalue weighted by molar-refractivity contribution is -0.132. The summed E-state index contributed by atoms with van der Waals surface area (Å²) in [7, 11) is -10.5. The van der Waals surface area contributed by atoms with Gasteiger partial charge in [0.2, 0.25) is 0 Å². The number of aliphatic hydroxyl groups is 1. The maximum Gasteiger partial charge on any atom is 0.422 e. The van der Waals surface area contributed by atoms with Gasteiger partial charge in [-0.05, 0) is 0 Å². The minimum Gasteiger partial charge on any atom is -0.390 e. The summed E-state index contributed by atoms with van der Waals surface area (Å²) in [4.78, 5) is 37.5. The van der Waals surface area contributed by atoms with Crippen molar-refractivity contribution < 1.29 is 38.2 Å². The largest absolute Gasteiger partial charge is 0.422 e. The van der Waals surface area contributed by atoms with E-state index in [1.807, 2.05) is 0 Å². The molecule has 4 N–H and O–H groups in total. The molecule has 2 atom stereocenters. The molecular weight excluding hydrogens is 262 g/mol. The third-order valence-corrected chi connectivity index (χ3v) is 6.09. The molecular formula is C6H14O8P2. The average molecular weight is 276 g/mol. The summed E-state index contributed by atoms with van der Waals surface area (Å²) in [5, 5.41) is 6.32. The van der Waals surface area contributed by atoms with Gasteiger partial charge < -0.3 is 24.3 Å². The van der Waals surface area contributed by atoms with Crippen LogP contribution in [0.25, 0.3) is 0 Å². The highest BCUT2D eigenvalue weighted by atomic mass is 31.2. The molecule has 2 unspecified atom stereocenters. The average Bonchev–Trinajstić information content (AvgIpc) is 1.99. The molecule has 8 nitrogen and oxygen atoms in total. The van der Waals surface area contributed by atoms with E-state index < -0.39 is 32.7 Å². The van der Waals surface area contributed by atoms with E-state index in [4.69, 9.17) is 9.79 Å². The minimum absolute atomic E-state index is 0.0213. The standard InChI is InChI=1S/C6H14O8P2/c1-3-4-6(8,15(9,10)11)16(12,13)14-5(2)7/h8H,3-4H2,1-2H3,(H,12,13)(H2,9,10,11). The molecule has 0 aliphatic heterocycles. The van der Waals surface area contributed by atoms with Crippen molar-refractivity contribution in [2.24, 2.45) is 0 Å². The molecule has 0 bridgehead atoms. The predicted molar refractivity (Wildman–Crippen MR) is 53.5 cm³/mol. The fourth-order valence-electron chi connectivity index (χ4n) is 1.03. The zero-order chi connectivity index (χ0) is 13.2. The topological polar surface area (TPSA) is 141 Å². The van der Waals surface area contributed by atoms with E-state index >= 15 is 0 Å². The second-order valence-corrected chi connectivity index (χ2v) is 7.32. The van der Waals surface area contributed by atoms with Crippen molar-refractivity contribution in [3.63, 3.8) is 0 Å². The fraction of sp³-hybridized carbons (Fsp3) is 0.833. The quantitative estimate of drug-likeness (QED) is 0.527. The molecule has 0 radical (unpaired) electrons. The van der Waals surface area contributed by atoms with Crippen molar-refractivity contribution in [2.45, 2.75) is 31.8 Å². The van der Waals surface area contributed by atoms with E-state index in [0.717, 1.165) is 6.92 Å². The smallest absolute Gasteiger partial charge is 0.390 e. The lowest BCUT2D eigenvalue weighted by Gasteiger charge is -2.30. The summed E-state index contributed by atoms with van der Waals surface area (Å²) in [6.45, 7) is 2.23. The summed E-state index contributed by atoms with van der Waals surface area (Å²) < 4.78 is 26.4. The van der Waals surface area contributed by atoms with Gasteiger partial charge in [-0.2, -0.15) is 0 Å². The monoisotopic (exact) mass is 276 g/mol. The highest BCUT2D eigenvalue weighted by Crippen LogP contribution is 2.71. The number of carbonyl (C=O) groups is 1. The van der Waals surface area contributed by atoms with E-state index in [1.54, 1.807) is 0 Å². The Morgan fingerprint density at radius 1 is 1.31 bits per heavy atom. The van der Waals surface area contributed by atoms with Crippen molar-refractivity contribution in [1.82, 2.24) is 0 Å².